The molecule has 1 aromatic carbocycles. The van der Waals surface area contributed by atoms with Gasteiger partial charge in [0.2, 0.25) is 0 Å². The first-order valence-electron chi connectivity index (χ1n) is 14.4. The number of pyridine rings is 1. The van der Waals surface area contributed by atoms with Gasteiger partial charge >= 0.3 is 5.69 Å². The van der Waals surface area contributed by atoms with E-state index in [1.807, 2.05) is 16.8 Å². The maximum atomic E-state index is 13.3. The van der Waals surface area contributed by atoms with Crippen LogP contribution in [0.4, 0.5) is 0 Å². The maximum absolute atomic E-state index is 13.3. The average molecular weight is 531 g/mol. The van der Waals surface area contributed by atoms with Crippen molar-refractivity contribution in [3.63, 3.8) is 0 Å². The number of likely N-dealkylation sites (tertiary alicyclic amines) is 1. The summed E-state index contributed by atoms with van der Waals surface area (Å²) in [5.74, 6) is 0.951. The lowest BCUT2D eigenvalue weighted by Gasteiger charge is -2.56. The lowest BCUT2D eigenvalue weighted by molar-refractivity contribution is -0.103. The Morgan fingerprint density at radius 3 is 2.54 bits per heavy atom. The first-order valence-corrected chi connectivity index (χ1v) is 14.4. The van der Waals surface area contributed by atoms with E-state index in [0.29, 0.717) is 22.9 Å². The number of rotatable bonds is 5. The monoisotopic (exact) mass is 530 g/mol. The van der Waals surface area contributed by atoms with Crippen LogP contribution >= 0.6 is 0 Å². The number of nitrogens with one attached hydrogen (secondary N) is 1. The third-order valence-electron chi connectivity index (χ3n) is 9.56. The van der Waals surface area contributed by atoms with Crippen LogP contribution in [-0.2, 0) is 4.74 Å². The standard InChI is InChI=1S/C30H38N6O3/c1-19(2)23-14-26-25(13-24(23)20-12-27(38-3)28-31-18-32-35(28)15-20)33-29(37)36(26)22-6-4-21(5-7-22)34-16-30(17-34)8-10-39-11-9-30/h12-15,18-19,21-22H,4-11,16-17H2,1-3H3,(H,33,37). The number of benzene rings is 1. The highest BCUT2D eigenvalue weighted by atomic mass is 16.5. The molecule has 0 unspecified atom stereocenters. The Morgan fingerprint density at radius 2 is 1.82 bits per heavy atom. The van der Waals surface area contributed by atoms with Crippen molar-refractivity contribution in [1.82, 2.24) is 29.0 Å². The van der Waals surface area contributed by atoms with E-state index in [4.69, 9.17) is 9.47 Å². The largest absolute Gasteiger partial charge is 0.493 e. The van der Waals surface area contributed by atoms with Crippen molar-refractivity contribution in [2.75, 3.05) is 33.4 Å². The van der Waals surface area contributed by atoms with Gasteiger partial charge < -0.3 is 14.5 Å². The Bertz CT molecular complexity index is 1560. The number of aromatic amines is 1. The number of ether oxygens (including phenoxy) is 2. The van der Waals surface area contributed by atoms with Gasteiger partial charge in [0.1, 0.15) is 6.33 Å². The van der Waals surface area contributed by atoms with Gasteiger partial charge in [-0.05, 0) is 73.8 Å². The number of hydrogen-bond acceptors (Lipinski definition) is 6. The van der Waals surface area contributed by atoms with Crippen molar-refractivity contribution in [2.45, 2.75) is 70.4 Å². The SMILES string of the molecule is COc1cc(-c2cc3[nH]c(=O)n(C4CCC(N5CC6(CCOCC6)C5)CC4)c3cc2C(C)C)cn2ncnc12. The molecule has 7 rings (SSSR count). The van der Waals surface area contributed by atoms with E-state index < -0.39 is 0 Å². The Morgan fingerprint density at radius 1 is 1.08 bits per heavy atom. The number of H-pyrrole nitrogens is 1. The van der Waals surface area contributed by atoms with Crippen molar-refractivity contribution in [2.24, 2.45) is 5.41 Å². The normalized spacial score (nSPS) is 23.6. The van der Waals surface area contributed by atoms with Crippen molar-refractivity contribution < 1.29 is 9.47 Å². The quantitative estimate of drug-likeness (QED) is 0.400. The molecule has 0 radical (unpaired) electrons. The van der Waals surface area contributed by atoms with Crippen LogP contribution in [0.1, 0.15) is 69.9 Å². The number of hydrogen-bond donors (Lipinski definition) is 1. The van der Waals surface area contributed by atoms with Gasteiger partial charge in [0, 0.05) is 55.6 Å². The fourth-order valence-corrected chi connectivity index (χ4v) is 7.35. The molecule has 3 aromatic heterocycles. The fraction of sp³-hybridized carbons (Fsp3) is 0.567. The summed E-state index contributed by atoms with van der Waals surface area (Å²) in [7, 11) is 1.65. The van der Waals surface area contributed by atoms with Gasteiger partial charge in [-0.3, -0.25) is 9.47 Å². The van der Waals surface area contributed by atoms with E-state index in [2.05, 4.69) is 45.9 Å². The highest BCUT2D eigenvalue weighted by Crippen LogP contribution is 2.44. The van der Waals surface area contributed by atoms with E-state index in [1.54, 1.807) is 11.6 Å². The number of fused-ring (bicyclic) bond motifs is 2. The molecule has 9 heteroatoms. The maximum Gasteiger partial charge on any atom is 0.326 e. The highest BCUT2D eigenvalue weighted by Gasteiger charge is 2.46. The summed E-state index contributed by atoms with van der Waals surface area (Å²) in [5, 5.41) is 4.34. The molecular weight excluding hydrogens is 492 g/mol. The van der Waals surface area contributed by atoms with Gasteiger partial charge in [-0.15, -0.1) is 0 Å². The molecule has 1 aliphatic carbocycles. The van der Waals surface area contributed by atoms with Crippen LogP contribution < -0.4 is 10.4 Å². The summed E-state index contributed by atoms with van der Waals surface area (Å²) in [5.41, 5.74) is 6.34. The second-order valence-corrected chi connectivity index (χ2v) is 12.2. The zero-order chi connectivity index (χ0) is 26.7. The molecule has 1 spiro atoms. The molecule has 0 atom stereocenters. The Hall–Kier alpha value is -3.17. The van der Waals surface area contributed by atoms with Crippen molar-refractivity contribution >= 4 is 16.7 Å². The summed E-state index contributed by atoms with van der Waals surface area (Å²) < 4.78 is 15.0. The highest BCUT2D eigenvalue weighted by molar-refractivity contribution is 5.85. The minimum absolute atomic E-state index is 0.00489. The zero-order valence-electron chi connectivity index (χ0n) is 23.2. The third kappa shape index (κ3) is 4.17. The van der Waals surface area contributed by atoms with Crippen LogP contribution in [0.25, 0.3) is 27.8 Å². The number of methoxy groups -OCH3 is 1. The minimum atomic E-state index is -0.00489. The molecule has 1 saturated carbocycles. The molecule has 0 bridgehead atoms. The average Bonchev–Trinajstić information content (AvgIpc) is 3.54. The summed E-state index contributed by atoms with van der Waals surface area (Å²) >= 11 is 0. The molecule has 9 nitrogen and oxygen atoms in total. The molecule has 39 heavy (non-hydrogen) atoms. The summed E-state index contributed by atoms with van der Waals surface area (Å²) in [6.07, 6.45) is 10.3. The molecule has 3 fully saturated rings. The fourth-order valence-electron chi connectivity index (χ4n) is 7.35. The molecule has 3 aliphatic rings. The van der Waals surface area contributed by atoms with Crippen molar-refractivity contribution in [3.8, 4) is 16.9 Å². The van der Waals surface area contributed by atoms with Crippen LogP contribution in [0, 0.1) is 5.41 Å². The predicted octanol–water partition coefficient (Wildman–Crippen LogP) is 4.77. The first kappa shape index (κ1) is 24.8. The van der Waals surface area contributed by atoms with Crippen LogP contribution in [0.5, 0.6) is 5.75 Å². The summed E-state index contributed by atoms with van der Waals surface area (Å²) in [6, 6.07) is 7.24. The number of imidazole rings is 1. The van der Waals surface area contributed by atoms with Gasteiger partial charge in [-0.2, -0.15) is 5.10 Å². The van der Waals surface area contributed by atoms with Gasteiger partial charge in [0.05, 0.1) is 18.1 Å². The van der Waals surface area contributed by atoms with Gasteiger partial charge in [-0.1, -0.05) is 13.8 Å². The lowest BCUT2D eigenvalue weighted by Crippen LogP contribution is -2.61. The summed E-state index contributed by atoms with van der Waals surface area (Å²) in [6.45, 7) is 8.71. The smallest absolute Gasteiger partial charge is 0.326 e. The van der Waals surface area contributed by atoms with Gasteiger partial charge in [0.25, 0.3) is 0 Å². The van der Waals surface area contributed by atoms with Gasteiger partial charge in [0.15, 0.2) is 11.4 Å². The molecular formula is C30H38N6O3. The molecule has 206 valence electrons. The molecule has 4 aromatic rings. The summed E-state index contributed by atoms with van der Waals surface area (Å²) in [4.78, 5) is 23.5. The van der Waals surface area contributed by atoms with Crippen molar-refractivity contribution in [3.05, 3.63) is 46.8 Å². The molecule has 5 heterocycles. The molecule has 2 aliphatic heterocycles. The second kappa shape index (κ2) is 9.48. The first-order chi connectivity index (χ1) is 18.9. The van der Waals surface area contributed by atoms with Crippen LogP contribution in [0.3, 0.4) is 0 Å². The zero-order valence-corrected chi connectivity index (χ0v) is 23.2. The van der Waals surface area contributed by atoms with E-state index in [9.17, 15) is 4.79 Å². The topological polar surface area (TPSA) is 89.7 Å². The van der Waals surface area contributed by atoms with Crippen LogP contribution in [0.15, 0.2) is 35.5 Å². The van der Waals surface area contributed by atoms with E-state index >= 15 is 0 Å². The van der Waals surface area contributed by atoms with Gasteiger partial charge in [-0.25, -0.2) is 14.3 Å². The number of nitrogens with zero attached hydrogens (tertiary/aromatic N) is 5. The molecule has 1 N–H and O–H groups in total. The molecule has 0 amide bonds. The Kier molecular flexibility index (Phi) is 6.04. The van der Waals surface area contributed by atoms with Crippen LogP contribution in [-0.4, -0.2) is 68.5 Å². The van der Waals surface area contributed by atoms with E-state index in [1.165, 1.54) is 37.8 Å². The third-order valence-corrected chi connectivity index (χ3v) is 9.56. The number of aromatic nitrogens is 5. The predicted molar refractivity (Wildman–Crippen MR) is 151 cm³/mol. The molecule has 2 saturated heterocycles. The Labute approximate surface area is 228 Å². The minimum Gasteiger partial charge on any atom is -0.493 e. The lowest BCUT2D eigenvalue weighted by atomic mass is 9.71. The van der Waals surface area contributed by atoms with E-state index in [0.717, 1.165) is 61.1 Å². The van der Waals surface area contributed by atoms with Crippen LogP contribution in [0.2, 0.25) is 0 Å². The Balaban J connectivity index is 1.17. The second-order valence-electron chi connectivity index (χ2n) is 12.2. The van der Waals surface area contributed by atoms with Crippen molar-refractivity contribution in [1.29, 1.82) is 0 Å². The van der Waals surface area contributed by atoms with E-state index in [-0.39, 0.29) is 17.6 Å².